The van der Waals surface area contributed by atoms with Crippen molar-refractivity contribution in [1.82, 2.24) is 14.5 Å². The molecule has 0 aliphatic heterocycles. The molecule has 0 bridgehead atoms. The summed E-state index contributed by atoms with van der Waals surface area (Å²) < 4.78 is 7.71. The third-order valence-electron chi connectivity index (χ3n) is 8.09. The Kier molecular flexibility index (Phi) is 6.59. The lowest BCUT2D eigenvalue weighted by Crippen LogP contribution is -2.21. The minimum atomic E-state index is -0.424. The van der Waals surface area contributed by atoms with Crippen molar-refractivity contribution < 1.29 is 4.42 Å². The molecule has 38 heavy (non-hydrogen) atoms. The zero-order chi connectivity index (χ0) is 27.2. The third kappa shape index (κ3) is 3.99. The highest BCUT2D eigenvalue weighted by Gasteiger charge is 2.32. The Morgan fingerprint density at radius 2 is 1.84 bits per heavy atom. The summed E-state index contributed by atoms with van der Waals surface area (Å²) in [5, 5.41) is 2.66. The quantitative estimate of drug-likeness (QED) is 0.277. The lowest BCUT2D eigenvalue weighted by Gasteiger charge is -2.32. The zero-order valence-electron chi connectivity index (χ0n) is 23.1. The van der Waals surface area contributed by atoms with Gasteiger partial charge in [-0.15, -0.1) is 0 Å². The Morgan fingerprint density at radius 1 is 1.08 bits per heavy atom. The number of H-pyrrole nitrogens is 1. The number of aromatic amines is 1. The van der Waals surface area contributed by atoms with E-state index in [4.69, 9.17) is 4.42 Å². The zero-order valence-corrected chi connectivity index (χ0v) is 23.1. The van der Waals surface area contributed by atoms with E-state index in [1.54, 1.807) is 6.20 Å². The molecule has 196 valence electrons. The van der Waals surface area contributed by atoms with Gasteiger partial charge in [-0.25, -0.2) is 9.78 Å². The molecule has 0 atom stereocenters. The van der Waals surface area contributed by atoms with Gasteiger partial charge in [-0.2, -0.15) is 0 Å². The van der Waals surface area contributed by atoms with Crippen molar-refractivity contribution >= 4 is 38.5 Å². The first-order valence-electron chi connectivity index (χ1n) is 13.5. The van der Waals surface area contributed by atoms with Crippen molar-refractivity contribution in [1.29, 1.82) is 0 Å². The first-order valence-corrected chi connectivity index (χ1v) is 13.5. The molecule has 6 heteroatoms. The van der Waals surface area contributed by atoms with Crippen LogP contribution < -0.4 is 11.2 Å². The van der Waals surface area contributed by atoms with Crippen molar-refractivity contribution in [3.63, 3.8) is 0 Å². The van der Waals surface area contributed by atoms with Crippen molar-refractivity contribution in [3.8, 4) is 0 Å². The van der Waals surface area contributed by atoms with E-state index in [2.05, 4.69) is 37.7 Å². The average molecular weight is 510 g/mol. The molecule has 0 amide bonds. The fourth-order valence-corrected chi connectivity index (χ4v) is 5.90. The molecule has 0 saturated carbocycles. The molecule has 1 N–H and O–H groups in total. The van der Waals surface area contributed by atoms with Crippen LogP contribution in [0.2, 0.25) is 0 Å². The molecule has 1 aliphatic rings. The van der Waals surface area contributed by atoms with Gasteiger partial charge in [0.2, 0.25) is 5.71 Å². The summed E-state index contributed by atoms with van der Waals surface area (Å²) >= 11 is 0. The summed E-state index contributed by atoms with van der Waals surface area (Å²) in [6.45, 7) is 13.3. The smallest absolute Gasteiger partial charge is 0.362 e. The highest BCUT2D eigenvalue weighted by molar-refractivity contribution is 6.10. The Labute approximate surface area is 222 Å². The van der Waals surface area contributed by atoms with Gasteiger partial charge in [0.15, 0.2) is 0 Å². The molecule has 1 aliphatic carbocycles. The Balaban J connectivity index is 0.00000144. The van der Waals surface area contributed by atoms with Gasteiger partial charge in [-0.3, -0.25) is 4.79 Å². The lowest BCUT2D eigenvalue weighted by molar-refractivity contribution is 0.412. The number of fused-ring (bicyclic) bond motifs is 6. The number of hydrogen-bond donors (Lipinski definition) is 1. The molecule has 1 aromatic carbocycles. The molecule has 0 saturated heterocycles. The van der Waals surface area contributed by atoms with Gasteiger partial charge in [-0.05, 0) is 66.8 Å². The summed E-state index contributed by atoms with van der Waals surface area (Å²) in [7, 11) is 0. The molecule has 0 radical (unpaired) electrons. The number of benzene rings is 1. The molecule has 0 fully saturated rings. The summed E-state index contributed by atoms with van der Waals surface area (Å²) in [5.41, 5.74) is 6.55. The Bertz CT molecular complexity index is 1830. The largest absolute Gasteiger partial charge is 0.402 e. The molecule has 6 rings (SSSR count). The molecule has 6 nitrogen and oxygen atoms in total. The molecular formula is C32H35N3O3. The predicted octanol–water partition coefficient (Wildman–Crippen LogP) is 7.21. The van der Waals surface area contributed by atoms with Crippen molar-refractivity contribution in [2.24, 2.45) is 5.41 Å². The number of nitrogens with zero attached hydrogens (tertiary/aromatic N) is 2. The maximum atomic E-state index is 13.4. The van der Waals surface area contributed by atoms with E-state index in [9.17, 15) is 9.59 Å². The third-order valence-corrected chi connectivity index (χ3v) is 8.09. The summed E-state index contributed by atoms with van der Waals surface area (Å²) in [6.07, 6.45) is 4.40. The van der Waals surface area contributed by atoms with Crippen LogP contribution in [0, 0.1) is 5.41 Å². The fourth-order valence-electron chi connectivity index (χ4n) is 5.90. The van der Waals surface area contributed by atoms with E-state index < -0.39 is 5.63 Å². The van der Waals surface area contributed by atoms with Crippen molar-refractivity contribution in [2.45, 2.75) is 67.3 Å². The van der Waals surface area contributed by atoms with Gasteiger partial charge in [0, 0.05) is 39.3 Å². The van der Waals surface area contributed by atoms with E-state index in [0.29, 0.717) is 23.3 Å². The fraction of sp³-hybridized carbons (Fsp3) is 0.344. The van der Waals surface area contributed by atoms with Crippen molar-refractivity contribution in [3.05, 3.63) is 91.8 Å². The van der Waals surface area contributed by atoms with E-state index >= 15 is 0 Å². The SMILES string of the molecule is CC.CCC(C)(C)C1=C(C)c2c(n(Cc3cc4ccccc4[nH]c3=O)c3c(=O)oc4ncccc4c23)CC1. The Morgan fingerprint density at radius 3 is 2.61 bits per heavy atom. The van der Waals surface area contributed by atoms with Crippen LogP contribution in [0.15, 0.2) is 68.2 Å². The molecule has 0 spiro atoms. The highest BCUT2D eigenvalue weighted by atomic mass is 16.4. The maximum absolute atomic E-state index is 13.4. The second-order valence-electron chi connectivity index (χ2n) is 10.4. The highest BCUT2D eigenvalue weighted by Crippen LogP contribution is 2.46. The first kappa shape index (κ1) is 25.7. The number of pyridine rings is 2. The summed E-state index contributed by atoms with van der Waals surface area (Å²) in [6, 6.07) is 13.5. The van der Waals surface area contributed by atoms with Crippen LogP contribution in [-0.4, -0.2) is 14.5 Å². The van der Waals surface area contributed by atoms with Crippen molar-refractivity contribution in [2.75, 3.05) is 0 Å². The second kappa shape index (κ2) is 9.75. The number of nitrogens with one attached hydrogen (secondary N) is 1. The number of hydrogen-bond acceptors (Lipinski definition) is 4. The number of aromatic nitrogens is 3. The van der Waals surface area contributed by atoms with Crippen LogP contribution >= 0.6 is 0 Å². The van der Waals surface area contributed by atoms with Crippen LogP contribution in [0.4, 0.5) is 0 Å². The van der Waals surface area contributed by atoms with Crippen LogP contribution in [0.1, 0.15) is 71.2 Å². The van der Waals surface area contributed by atoms with E-state index in [1.165, 1.54) is 11.1 Å². The second-order valence-corrected chi connectivity index (χ2v) is 10.4. The van der Waals surface area contributed by atoms with Gasteiger partial charge in [0.25, 0.3) is 5.56 Å². The molecule has 4 aromatic heterocycles. The van der Waals surface area contributed by atoms with E-state index in [-0.39, 0.29) is 11.0 Å². The summed E-state index contributed by atoms with van der Waals surface area (Å²) in [5.74, 6) is 0. The standard InChI is InChI=1S/C30H29N3O3.C2H6/c1-5-30(3,4)21-12-13-23-24(17(21)2)25-20-10-8-14-31-28(20)36-29(35)26(25)33(23)16-19-15-18-9-6-7-11-22(18)32-27(19)34;1-2/h6-11,14-15H,5,12-13,16H2,1-4H3,(H,32,34);1-2H3. The minimum Gasteiger partial charge on any atom is -0.402 e. The average Bonchev–Trinajstić information content (AvgIpc) is 3.26. The van der Waals surface area contributed by atoms with Gasteiger partial charge in [0.05, 0.1) is 6.54 Å². The van der Waals surface area contributed by atoms with Crippen LogP contribution in [-0.2, 0) is 13.0 Å². The minimum absolute atomic E-state index is 0.0548. The topological polar surface area (TPSA) is 80.9 Å². The molecule has 5 aromatic rings. The van der Waals surface area contributed by atoms with E-state index in [0.717, 1.165) is 52.2 Å². The first-order chi connectivity index (χ1) is 18.3. The summed E-state index contributed by atoms with van der Waals surface area (Å²) in [4.78, 5) is 33.8. The molecule has 4 heterocycles. The van der Waals surface area contributed by atoms with Crippen LogP contribution in [0.25, 0.3) is 38.5 Å². The number of rotatable bonds is 4. The van der Waals surface area contributed by atoms with E-state index in [1.807, 2.05) is 60.9 Å². The lowest BCUT2D eigenvalue weighted by atomic mass is 9.73. The Hall–Kier alpha value is -3.93. The monoisotopic (exact) mass is 509 g/mol. The predicted molar refractivity (Wildman–Crippen MR) is 156 cm³/mol. The van der Waals surface area contributed by atoms with Gasteiger partial charge in [-0.1, -0.05) is 58.4 Å². The van der Waals surface area contributed by atoms with Gasteiger partial charge in [0.1, 0.15) is 5.52 Å². The number of allylic oxidation sites excluding steroid dienone is 2. The molecule has 0 unspecified atom stereocenters. The van der Waals surface area contributed by atoms with Gasteiger partial charge < -0.3 is 14.0 Å². The van der Waals surface area contributed by atoms with Crippen LogP contribution in [0.3, 0.4) is 0 Å². The van der Waals surface area contributed by atoms with Gasteiger partial charge >= 0.3 is 5.63 Å². The molecular weight excluding hydrogens is 474 g/mol. The number of para-hydroxylation sites is 1. The normalized spacial score (nSPS) is 13.6. The van der Waals surface area contributed by atoms with Crippen LogP contribution in [0.5, 0.6) is 0 Å². The maximum Gasteiger partial charge on any atom is 0.362 e.